The Morgan fingerprint density at radius 1 is 0.237 bits per heavy atom. The normalized spacial score (nSPS) is 11.4. The highest BCUT2D eigenvalue weighted by molar-refractivity contribution is 6.20. The Labute approximate surface area is 344 Å². The molecule has 0 unspecified atom stereocenters. The molecule has 0 N–H and O–H groups in total. The quantitative estimate of drug-likeness (QED) is 0.147. The molecule has 11 rings (SSSR count). The van der Waals surface area contributed by atoms with Crippen molar-refractivity contribution in [2.75, 3.05) is 4.90 Å². The van der Waals surface area contributed by atoms with Gasteiger partial charge in [0.15, 0.2) is 0 Å². The van der Waals surface area contributed by atoms with Gasteiger partial charge in [0.1, 0.15) is 0 Å². The monoisotopic (exact) mass is 749 g/mol. The van der Waals surface area contributed by atoms with Crippen LogP contribution < -0.4 is 4.90 Å². The zero-order chi connectivity index (χ0) is 39.1. The lowest BCUT2D eigenvalue weighted by atomic mass is 9.93. The van der Waals surface area contributed by atoms with E-state index in [1.807, 2.05) is 0 Å². The van der Waals surface area contributed by atoms with Crippen LogP contribution in [0.1, 0.15) is 0 Å². The summed E-state index contributed by atoms with van der Waals surface area (Å²) in [4.78, 5) is 2.39. The van der Waals surface area contributed by atoms with Crippen molar-refractivity contribution in [3.63, 3.8) is 0 Å². The molecule has 0 atom stereocenters. The third-order valence-corrected chi connectivity index (χ3v) is 11.8. The topological polar surface area (TPSA) is 3.24 Å². The van der Waals surface area contributed by atoms with Crippen LogP contribution in [0.4, 0.5) is 17.1 Å². The van der Waals surface area contributed by atoms with Crippen LogP contribution in [0, 0.1) is 0 Å². The standard InChI is InChI=1S/C58H39N/c1-2-10-40(11-3-1)43-30-34-52(35-31-43)59(57-17-9-8-15-54(57)51-29-22-41-12-4-5-14-49(41)38-51)53-36-32-44(33-37-53)42-18-20-45(21-19-42)50-28-25-47-24-27-48-26-23-46-13-6-7-16-55(46)58(48)56(47)39-50/h1-39H. The summed E-state index contributed by atoms with van der Waals surface area (Å²) >= 11 is 0. The van der Waals surface area contributed by atoms with Gasteiger partial charge in [0.2, 0.25) is 0 Å². The molecule has 0 saturated heterocycles. The van der Waals surface area contributed by atoms with E-state index in [9.17, 15) is 0 Å². The molecule has 11 aromatic carbocycles. The molecule has 0 aromatic heterocycles. The molecule has 0 spiro atoms. The summed E-state index contributed by atoms with van der Waals surface area (Å²) in [6.45, 7) is 0. The predicted molar refractivity (Wildman–Crippen MR) is 253 cm³/mol. The van der Waals surface area contributed by atoms with Crippen molar-refractivity contribution < 1.29 is 0 Å². The Balaban J connectivity index is 0.954. The van der Waals surface area contributed by atoms with E-state index in [0.29, 0.717) is 0 Å². The third-order valence-electron chi connectivity index (χ3n) is 11.8. The van der Waals surface area contributed by atoms with Crippen LogP contribution in [0.3, 0.4) is 0 Å². The molecule has 0 radical (unpaired) electrons. The van der Waals surface area contributed by atoms with Crippen molar-refractivity contribution in [1.82, 2.24) is 0 Å². The Bertz CT molecular complexity index is 3280. The molecule has 11 aromatic rings. The minimum Gasteiger partial charge on any atom is -0.310 e. The highest BCUT2D eigenvalue weighted by Gasteiger charge is 2.18. The molecule has 0 aliphatic heterocycles. The van der Waals surface area contributed by atoms with E-state index in [0.717, 1.165) is 17.1 Å². The molecular weight excluding hydrogens is 711 g/mol. The number of nitrogens with zero attached hydrogens (tertiary/aromatic N) is 1. The van der Waals surface area contributed by atoms with Gasteiger partial charge in [-0.2, -0.15) is 0 Å². The Hall–Kier alpha value is -7.74. The number of hydrogen-bond acceptors (Lipinski definition) is 1. The van der Waals surface area contributed by atoms with Gasteiger partial charge in [0.25, 0.3) is 0 Å². The van der Waals surface area contributed by atoms with Gasteiger partial charge in [-0.15, -0.1) is 0 Å². The summed E-state index contributed by atoms with van der Waals surface area (Å²) in [6.07, 6.45) is 0. The minimum absolute atomic E-state index is 1.10. The molecule has 0 aliphatic carbocycles. The van der Waals surface area contributed by atoms with Crippen LogP contribution in [0.5, 0.6) is 0 Å². The molecule has 1 nitrogen and oxygen atoms in total. The maximum Gasteiger partial charge on any atom is 0.0540 e. The van der Waals surface area contributed by atoms with Gasteiger partial charge in [-0.05, 0) is 124 Å². The molecule has 0 fully saturated rings. The van der Waals surface area contributed by atoms with Crippen molar-refractivity contribution in [3.05, 3.63) is 237 Å². The number of rotatable bonds is 7. The average Bonchev–Trinajstić information content (AvgIpc) is 3.32. The van der Waals surface area contributed by atoms with E-state index >= 15 is 0 Å². The molecule has 276 valence electrons. The number of benzene rings is 11. The van der Waals surface area contributed by atoms with Crippen molar-refractivity contribution in [1.29, 1.82) is 0 Å². The average molecular weight is 750 g/mol. The second-order valence-corrected chi connectivity index (χ2v) is 15.3. The second kappa shape index (κ2) is 14.6. The van der Waals surface area contributed by atoms with Gasteiger partial charge in [-0.3, -0.25) is 0 Å². The maximum atomic E-state index is 2.39. The second-order valence-electron chi connectivity index (χ2n) is 15.3. The first kappa shape index (κ1) is 34.5. The van der Waals surface area contributed by atoms with Crippen LogP contribution in [-0.4, -0.2) is 0 Å². The lowest BCUT2D eigenvalue weighted by Gasteiger charge is -2.28. The molecule has 0 aliphatic rings. The molecule has 0 amide bonds. The Morgan fingerprint density at radius 2 is 0.678 bits per heavy atom. The van der Waals surface area contributed by atoms with Crippen LogP contribution >= 0.6 is 0 Å². The number of fused-ring (bicyclic) bond motifs is 6. The Kier molecular flexibility index (Phi) is 8.56. The van der Waals surface area contributed by atoms with E-state index in [2.05, 4.69) is 241 Å². The lowest BCUT2D eigenvalue weighted by Crippen LogP contribution is -2.11. The first-order valence-corrected chi connectivity index (χ1v) is 20.3. The highest BCUT2D eigenvalue weighted by atomic mass is 15.1. The van der Waals surface area contributed by atoms with Crippen LogP contribution in [0.25, 0.3) is 87.6 Å². The molecule has 0 saturated carbocycles. The fraction of sp³-hybridized carbons (Fsp3) is 0. The molecule has 0 heterocycles. The van der Waals surface area contributed by atoms with Crippen molar-refractivity contribution >= 4 is 60.2 Å². The summed E-state index contributed by atoms with van der Waals surface area (Å²) in [5.41, 5.74) is 12.9. The molecular formula is C58H39N. The van der Waals surface area contributed by atoms with Gasteiger partial charge in [-0.25, -0.2) is 0 Å². The summed E-state index contributed by atoms with van der Waals surface area (Å²) < 4.78 is 0. The predicted octanol–water partition coefficient (Wildman–Crippen LogP) is 16.4. The van der Waals surface area contributed by atoms with E-state index in [4.69, 9.17) is 0 Å². The fourth-order valence-corrected chi connectivity index (χ4v) is 8.79. The first-order valence-electron chi connectivity index (χ1n) is 20.3. The molecule has 59 heavy (non-hydrogen) atoms. The van der Waals surface area contributed by atoms with Gasteiger partial charge >= 0.3 is 0 Å². The minimum atomic E-state index is 1.10. The smallest absolute Gasteiger partial charge is 0.0540 e. The summed E-state index contributed by atoms with van der Waals surface area (Å²) in [5.74, 6) is 0. The lowest BCUT2D eigenvalue weighted by molar-refractivity contribution is 1.28. The summed E-state index contributed by atoms with van der Waals surface area (Å²) in [6, 6.07) is 86.2. The van der Waals surface area contributed by atoms with Crippen molar-refractivity contribution in [2.24, 2.45) is 0 Å². The fourth-order valence-electron chi connectivity index (χ4n) is 8.79. The first-order chi connectivity index (χ1) is 29.2. The SMILES string of the molecule is c1ccc(-c2ccc(N(c3ccc(-c4ccc(-c5ccc6ccc7ccc8ccccc8c7c6c5)cc4)cc3)c3ccccc3-c3ccc4ccccc4c3)cc2)cc1. The van der Waals surface area contributed by atoms with Crippen LogP contribution in [-0.2, 0) is 0 Å². The zero-order valence-corrected chi connectivity index (χ0v) is 32.5. The highest BCUT2D eigenvalue weighted by Crippen LogP contribution is 2.43. The van der Waals surface area contributed by atoms with E-state index in [1.54, 1.807) is 0 Å². The number of anilines is 3. The largest absolute Gasteiger partial charge is 0.310 e. The van der Waals surface area contributed by atoms with Crippen LogP contribution in [0.15, 0.2) is 237 Å². The number of hydrogen-bond donors (Lipinski definition) is 0. The summed E-state index contributed by atoms with van der Waals surface area (Å²) in [5, 5.41) is 10.2. The molecule has 0 bridgehead atoms. The van der Waals surface area contributed by atoms with E-state index < -0.39 is 0 Å². The van der Waals surface area contributed by atoms with Gasteiger partial charge in [0, 0.05) is 16.9 Å². The van der Waals surface area contributed by atoms with Gasteiger partial charge in [0.05, 0.1) is 5.69 Å². The van der Waals surface area contributed by atoms with Crippen molar-refractivity contribution in [3.8, 4) is 44.5 Å². The van der Waals surface area contributed by atoms with Crippen molar-refractivity contribution in [2.45, 2.75) is 0 Å². The van der Waals surface area contributed by atoms with Gasteiger partial charge in [-0.1, -0.05) is 194 Å². The Morgan fingerprint density at radius 3 is 1.37 bits per heavy atom. The zero-order valence-electron chi connectivity index (χ0n) is 32.5. The van der Waals surface area contributed by atoms with Gasteiger partial charge < -0.3 is 4.90 Å². The third kappa shape index (κ3) is 6.40. The molecule has 1 heteroatoms. The van der Waals surface area contributed by atoms with Crippen LogP contribution in [0.2, 0.25) is 0 Å². The summed E-state index contributed by atoms with van der Waals surface area (Å²) in [7, 11) is 0. The van der Waals surface area contributed by atoms with E-state index in [1.165, 1.54) is 87.6 Å². The van der Waals surface area contributed by atoms with E-state index in [-0.39, 0.29) is 0 Å². The maximum absolute atomic E-state index is 2.39. The number of para-hydroxylation sites is 1.